The molecule has 0 aromatic heterocycles. The van der Waals surface area contributed by atoms with Crippen LogP contribution in [-0.2, 0) is 4.74 Å². The molecule has 146 valence electrons. The Morgan fingerprint density at radius 1 is 0.760 bits per heavy atom. The fourth-order valence-corrected chi connectivity index (χ4v) is 6.69. The van der Waals surface area contributed by atoms with Gasteiger partial charge < -0.3 is 25.2 Å². The van der Waals surface area contributed by atoms with Crippen molar-refractivity contribution in [3.05, 3.63) is 0 Å². The lowest BCUT2D eigenvalue weighted by atomic mass is 9.77. The van der Waals surface area contributed by atoms with Gasteiger partial charge in [0.2, 0.25) is 0 Å². The average molecular weight is 375 g/mol. The van der Waals surface area contributed by atoms with Gasteiger partial charge in [-0.1, -0.05) is 38.5 Å². The molecule has 1 aliphatic heterocycles. The van der Waals surface area contributed by atoms with Crippen LogP contribution >= 0.6 is 11.8 Å². The van der Waals surface area contributed by atoms with Crippen LogP contribution in [0.1, 0.15) is 64.2 Å². The normalized spacial score (nSPS) is 39.0. The molecular formula is C19H34O5S. The Labute approximate surface area is 155 Å². The van der Waals surface area contributed by atoms with Gasteiger partial charge in [0.15, 0.2) is 0 Å². The van der Waals surface area contributed by atoms with Crippen molar-refractivity contribution in [3.63, 3.8) is 0 Å². The van der Waals surface area contributed by atoms with Gasteiger partial charge in [-0.3, -0.25) is 0 Å². The van der Waals surface area contributed by atoms with Gasteiger partial charge in [-0.15, -0.1) is 11.8 Å². The van der Waals surface area contributed by atoms with Gasteiger partial charge in [-0.2, -0.15) is 0 Å². The van der Waals surface area contributed by atoms with E-state index in [2.05, 4.69) is 0 Å². The van der Waals surface area contributed by atoms with Gasteiger partial charge in [0, 0.05) is 5.25 Å². The Balaban J connectivity index is 1.71. The third-order valence-electron chi connectivity index (χ3n) is 6.37. The predicted octanol–water partition coefficient (Wildman–Crippen LogP) is 2.05. The first kappa shape index (κ1) is 19.9. The molecule has 0 bridgehead atoms. The fourth-order valence-electron chi connectivity index (χ4n) is 4.87. The number of hydrogen-bond donors (Lipinski definition) is 4. The Kier molecular flexibility index (Phi) is 7.46. The molecule has 25 heavy (non-hydrogen) atoms. The predicted molar refractivity (Wildman–Crippen MR) is 98.3 cm³/mol. The minimum Gasteiger partial charge on any atom is -0.394 e. The molecule has 0 amide bonds. The smallest absolute Gasteiger partial charge is 0.132 e. The van der Waals surface area contributed by atoms with Crippen molar-refractivity contribution >= 4 is 11.8 Å². The van der Waals surface area contributed by atoms with Gasteiger partial charge >= 0.3 is 0 Å². The zero-order valence-corrected chi connectivity index (χ0v) is 15.8. The number of aliphatic hydroxyl groups excluding tert-OH is 4. The molecule has 1 saturated heterocycles. The van der Waals surface area contributed by atoms with Crippen molar-refractivity contribution in [2.45, 2.75) is 99.3 Å². The van der Waals surface area contributed by atoms with Crippen LogP contribution in [0.15, 0.2) is 0 Å². The minimum atomic E-state index is -1.26. The summed E-state index contributed by atoms with van der Waals surface area (Å²) in [4.78, 5) is 0. The molecule has 0 aromatic rings. The van der Waals surface area contributed by atoms with Gasteiger partial charge in [0.1, 0.15) is 29.9 Å². The average Bonchev–Trinajstić information content (AvgIpc) is 2.67. The molecule has 0 radical (unpaired) electrons. The lowest BCUT2D eigenvalue weighted by Crippen LogP contribution is -2.58. The Hall–Kier alpha value is 0.150. The van der Waals surface area contributed by atoms with Gasteiger partial charge in [0.25, 0.3) is 0 Å². The number of aliphatic hydroxyl groups is 4. The molecule has 1 heterocycles. The summed E-state index contributed by atoms with van der Waals surface area (Å²) in [5, 5.41) is 40.4. The number of hydrogen-bond acceptors (Lipinski definition) is 6. The van der Waals surface area contributed by atoms with Crippen LogP contribution in [0.2, 0.25) is 0 Å². The van der Waals surface area contributed by atoms with E-state index in [1.54, 1.807) is 11.8 Å². The Morgan fingerprint density at radius 2 is 1.28 bits per heavy atom. The first-order valence-electron chi connectivity index (χ1n) is 10.1. The second-order valence-corrected chi connectivity index (χ2v) is 9.38. The van der Waals surface area contributed by atoms with E-state index in [1.165, 1.54) is 64.2 Å². The van der Waals surface area contributed by atoms with Gasteiger partial charge in [-0.05, 0) is 37.5 Å². The summed E-state index contributed by atoms with van der Waals surface area (Å²) >= 11 is 1.66. The molecule has 2 saturated carbocycles. The summed E-state index contributed by atoms with van der Waals surface area (Å²) in [6, 6.07) is 0. The molecule has 2 aliphatic carbocycles. The second-order valence-electron chi connectivity index (χ2n) is 8.09. The van der Waals surface area contributed by atoms with E-state index >= 15 is 0 Å². The second kappa shape index (κ2) is 9.38. The van der Waals surface area contributed by atoms with Crippen molar-refractivity contribution in [3.8, 4) is 0 Å². The summed E-state index contributed by atoms with van der Waals surface area (Å²) in [6.45, 7) is -0.348. The molecule has 5 nitrogen and oxygen atoms in total. The van der Waals surface area contributed by atoms with Crippen molar-refractivity contribution in [2.24, 2.45) is 11.8 Å². The molecule has 5 atom stereocenters. The Morgan fingerprint density at radius 3 is 1.76 bits per heavy atom. The highest BCUT2D eigenvalue weighted by molar-refractivity contribution is 8.00. The quantitative estimate of drug-likeness (QED) is 0.589. The van der Waals surface area contributed by atoms with Crippen LogP contribution in [0.5, 0.6) is 0 Å². The van der Waals surface area contributed by atoms with Crippen molar-refractivity contribution in [1.82, 2.24) is 0 Å². The van der Waals surface area contributed by atoms with E-state index in [-0.39, 0.29) is 6.61 Å². The third kappa shape index (κ3) is 4.71. The van der Waals surface area contributed by atoms with Crippen molar-refractivity contribution < 1.29 is 25.2 Å². The lowest BCUT2D eigenvalue weighted by molar-refractivity contribution is -0.205. The molecule has 3 rings (SSSR count). The SMILES string of the molecule is OC[C@H]1O[C@H](SC(C2CCCCC2)C2CCCCC2)[C@H](O)[C@@H](O)[C@@H]1O. The highest BCUT2D eigenvalue weighted by atomic mass is 32.2. The number of thioether (sulfide) groups is 1. The van der Waals surface area contributed by atoms with Gasteiger partial charge in [0.05, 0.1) is 6.61 Å². The number of rotatable bonds is 5. The summed E-state index contributed by atoms with van der Waals surface area (Å²) in [5.41, 5.74) is -0.579. The summed E-state index contributed by atoms with van der Waals surface area (Å²) in [6.07, 6.45) is 8.29. The fraction of sp³-hybridized carbons (Fsp3) is 1.00. The first-order chi connectivity index (χ1) is 12.1. The third-order valence-corrected chi connectivity index (χ3v) is 8.11. The Bertz CT molecular complexity index is 377. The van der Waals surface area contributed by atoms with Crippen LogP contribution in [0.3, 0.4) is 0 Å². The lowest BCUT2D eigenvalue weighted by Gasteiger charge is -2.44. The summed E-state index contributed by atoms with van der Waals surface area (Å²) in [5.74, 6) is 1.29. The first-order valence-corrected chi connectivity index (χ1v) is 11.0. The van der Waals surface area contributed by atoms with Crippen LogP contribution in [-0.4, -0.2) is 62.1 Å². The maximum absolute atomic E-state index is 10.4. The highest BCUT2D eigenvalue weighted by Gasteiger charge is 2.46. The summed E-state index contributed by atoms with van der Waals surface area (Å²) < 4.78 is 5.80. The highest BCUT2D eigenvalue weighted by Crippen LogP contribution is 2.45. The van der Waals surface area contributed by atoms with E-state index in [1.807, 2.05) is 0 Å². The van der Waals surface area contributed by atoms with E-state index in [0.717, 1.165) is 0 Å². The summed E-state index contributed by atoms with van der Waals surface area (Å²) in [7, 11) is 0. The molecule has 3 fully saturated rings. The maximum atomic E-state index is 10.4. The van der Waals surface area contributed by atoms with E-state index in [0.29, 0.717) is 17.1 Å². The molecule has 3 aliphatic rings. The van der Waals surface area contributed by atoms with E-state index in [9.17, 15) is 20.4 Å². The zero-order valence-electron chi connectivity index (χ0n) is 15.0. The molecule has 0 aromatic carbocycles. The molecule has 4 N–H and O–H groups in total. The molecule has 0 spiro atoms. The van der Waals surface area contributed by atoms with Crippen LogP contribution in [0.25, 0.3) is 0 Å². The zero-order chi connectivity index (χ0) is 17.8. The molecular weight excluding hydrogens is 340 g/mol. The standard InChI is InChI=1S/C19H34O5S/c20-11-14-15(21)16(22)17(23)19(24-14)25-18(12-7-3-1-4-8-12)13-9-5-2-6-10-13/h12-23H,1-11H2/t14-,15-,16+,17-,19-/m1/s1. The van der Waals surface area contributed by atoms with E-state index in [4.69, 9.17) is 4.74 Å². The minimum absolute atomic E-state index is 0.348. The topological polar surface area (TPSA) is 90.2 Å². The van der Waals surface area contributed by atoms with Crippen LogP contribution in [0, 0.1) is 11.8 Å². The molecule has 6 heteroatoms. The van der Waals surface area contributed by atoms with E-state index < -0.39 is 29.9 Å². The van der Waals surface area contributed by atoms with Crippen molar-refractivity contribution in [1.29, 1.82) is 0 Å². The largest absolute Gasteiger partial charge is 0.394 e. The van der Waals surface area contributed by atoms with Crippen molar-refractivity contribution in [2.75, 3.05) is 6.61 Å². The van der Waals surface area contributed by atoms with Gasteiger partial charge in [-0.25, -0.2) is 0 Å². The number of ether oxygens (including phenoxy) is 1. The maximum Gasteiger partial charge on any atom is 0.132 e. The van der Waals surface area contributed by atoms with Crippen LogP contribution in [0.4, 0.5) is 0 Å². The monoisotopic (exact) mass is 374 g/mol. The van der Waals surface area contributed by atoms with Crippen LogP contribution < -0.4 is 0 Å². The molecule has 0 unspecified atom stereocenters.